The Hall–Kier alpha value is -0.700. The lowest BCUT2D eigenvalue weighted by molar-refractivity contribution is 0.106. The van der Waals surface area contributed by atoms with Gasteiger partial charge in [-0.25, -0.2) is 0 Å². The van der Waals surface area contributed by atoms with Crippen LogP contribution in [-0.4, -0.2) is 5.12 Å². The standard InChI is InChI=1S/C9H12O2S/c1-9(2,3)7-5-4-6(11-7)8(10)12/h4-5H,1-3H3,(H,10,12). The predicted molar refractivity (Wildman–Crippen MR) is 50.7 cm³/mol. The van der Waals surface area contributed by atoms with Crippen LogP contribution in [0.2, 0.25) is 0 Å². The molecule has 0 unspecified atom stereocenters. The molecule has 2 nitrogen and oxygen atoms in total. The van der Waals surface area contributed by atoms with Gasteiger partial charge in [0.05, 0.1) is 0 Å². The zero-order valence-corrected chi connectivity index (χ0v) is 8.31. The summed E-state index contributed by atoms with van der Waals surface area (Å²) in [7, 11) is 0. The first kappa shape index (κ1) is 9.39. The fourth-order valence-electron chi connectivity index (χ4n) is 0.856. The Bertz CT molecular complexity index is 294. The zero-order valence-electron chi connectivity index (χ0n) is 7.42. The Morgan fingerprint density at radius 2 is 2.00 bits per heavy atom. The first-order valence-electron chi connectivity index (χ1n) is 3.75. The van der Waals surface area contributed by atoms with Crippen molar-refractivity contribution in [1.82, 2.24) is 0 Å². The summed E-state index contributed by atoms with van der Waals surface area (Å²) in [5.41, 5.74) is -0.0541. The molecular weight excluding hydrogens is 172 g/mol. The molecule has 3 heteroatoms. The molecule has 1 rings (SSSR count). The van der Waals surface area contributed by atoms with E-state index >= 15 is 0 Å². The summed E-state index contributed by atoms with van der Waals surface area (Å²) >= 11 is 3.66. The van der Waals surface area contributed by atoms with Crippen LogP contribution in [0.4, 0.5) is 0 Å². The van der Waals surface area contributed by atoms with Crippen molar-refractivity contribution in [2.45, 2.75) is 26.2 Å². The van der Waals surface area contributed by atoms with Gasteiger partial charge >= 0.3 is 0 Å². The number of hydrogen-bond acceptors (Lipinski definition) is 2. The Morgan fingerprint density at radius 1 is 1.42 bits per heavy atom. The van der Waals surface area contributed by atoms with Crippen LogP contribution in [0.15, 0.2) is 16.5 Å². The average molecular weight is 184 g/mol. The molecule has 1 aromatic rings. The van der Waals surface area contributed by atoms with Gasteiger partial charge in [-0.2, -0.15) is 0 Å². The van der Waals surface area contributed by atoms with Gasteiger partial charge in [-0.1, -0.05) is 33.4 Å². The molecule has 0 spiro atoms. The molecule has 0 atom stereocenters. The van der Waals surface area contributed by atoms with E-state index in [1.165, 1.54) is 0 Å². The largest absolute Gasteiger partial charge is 0.456 e. The molecule has 66 valence electrons. The fraction of sp³-hybridized carbons (Fsp3) is 0.444. The van der Waals surface area contributed by atoms with Crippen molar-refractivity contribution in [2.75, 3.05) is 0 Å². The molecule has 0 saturated carbocycles. The van der Waals surface area contributed by atoms with E-state index < -0.39 is 0 Å². The minimum absolute atomic E-state index is 0.0541. The maximum absolute atomic E-state index is 10.8. The molecule has 0 aliphatic carbocycles. The van der Waals surface area contributed by atoms with Gasteiger partial charge < -0.3 is 4.42 Å². The van der Waals surface area contributed by atoms with Crippen LogP contribution in [0.5, 0.6) is 0 Å². The fourth-order valence-corrected chi connectivity index (χ4v) is 0.976. The van der Waals surface area contributed by atoms with Crippen molar-refractivity contribution in [2.24, 2.45) is 0 Å². The second kappa shape index (κ2) is 2.98. The number of thiol groups is 1. The Balaban J connectivity index is 3.00. The van der Waals surface area contributed by atoms with Gasteiger partial charge in [-0.15, -0.1) is 0 Å². The number of furan rings is 1. The van der Waals surface area contributed by atoms with Gasteiger partial charge in [0.1, 0.15) is 5.76 Å². The Kier molecular flexibility index (Phi) is 2.33. The van der Waals surface area contributed by atoms with Crippen molar-refractivity contribution < 1.29 is 9.21 Å². The lowest BCUT2D eigenvalue weighted by Crippen LogP contribution is -2.09. The minimum atomic E-state index is -0.328. The maximum Gasteiger partial charge on any atom is 0.251 e. The Labute approximate surface area is 77.4 Å². The van der Waals surface area contributed by atoms with Gasteiger partial charge in [0.2, 0.25) is 0 Å². The van der Waals surface area contributed by atoms with Crippen LogP contribution in [0.25, 0.3) is 0 Å². The monoisotopic (exact) mass is 184 g/mol. The van der Waals surface area contributed by atoms with Crippen LogP contribution in [0.1, 0.15) is 37.1 Å². The van der Waals surface area contributed by atoms with Gasteiger partial charge in [0, 0.05) is 5.41 Å². The average Bonchev–Trinajstić information content (AvgIpc) is 2.30. The van der Waals surface area contributed by atoms with Crippen molar-refractivity contribution in [3.05, 3.63) is 23.7 Å². The molecule has 0 aromatic carbocycles. The van der Waals surface area contributed by atoms with E-state index in [9.17, 15) is 4.79 Å². The third-order valence-electron chi connectivity index (χ3n) is 1.56. The SMILES string of the molecule is CC(C)(C)c1ccc(C(=O)S)o1. The van der Waals surface area contributed by atoms with Gasteiger partial charge in [0.25, 0.3) is 5.12 Å². The molecule has 0 aliphatic heterocycles. The van der Waals surface area contributed by atoms with Crippen molar-refractivity contribution in [1.29, 1.82) is 0 Å². The quantitative estimate of drug-likeness (QED) is 0.680. The second-order valence-corrected chi connectivity index (χ2v) is 4.13. The van der Waals surface area contributed by atoms with Gasteiger partial charge in [-0.05, 0) is 12.1 Å². The van der Waals surface area contributed by atoms with Gasteiger partial charge in [0.15, 0.2) is 5.76 Å². The van der Waals surface area contributed by atoms with E-state index in [2.05, 4.69) is 12.6 Å². The lowest BCUT2D eigenvalue weighted by Gasteiger charge is -2.13. The van der Waals surface area contributed by atoms with Crippen molar-refractivity contribution >= 4 is 17.7 Å². The van der Waals surface area contributed by atoms with Crippen molar-refractivity contribution in [3.63, 3.8) is 0 Å². The summed E-state index contributed by atoms with van der Waals surface area (Å²) < 4.78 is 5.28. The minimum Gasteiger partial charge on any atom is -0.456 e. The summed E-state index contributed by atoms with van der Waals surface area (Å²) in [5.74, 6) is 1.11. The smallest absolute Gasteiger partial charge is 0.251 e. The van der Waals surface area contributed by atoms with Crippen LogP contribution in [-0.2, 0) is 5.41 Å². The first-order valence-corrected chi connectivity index (χ1v) is 4.19. The van der Waals surface area contributed by atoms with E-state index in [1.54, 1.807) is 6.07 Å². The van der Waals surface area contributed by atoms with Crippen LogP contribution >= 0.6 is 12.6 Å². The summed E-state index contributed by atoms with van der Waals surface area (Å²) in [5, 5.41) is -0.328. The third-order valence-corrected chi connectivity index (χ3v) is 1.78. The van der Waals surface area contributed by atoms with E-state index in [0.29, 0.717) is 5.76 Å². The number of carbonyl (C=O) groups excluding carboxylic acids is 1. The molecule has 0 aliphatic rings. The third kappa shape index (κ3) is 1.91. The first-order chi connectivity index (χ1) is 5.41. The molecule has 0 N–H and O–H groups in total. The summed E-state index contributed by atoms with van der Waals surface area (Å²) in [4.78, 5) is 10.8. The number of carbonyl (C=O) groups is 1. The van der Waals surface area contributed by atoms with Crippen molar-refractivity contribution in [3.8, 4) is 0 Å². The molecule has 0 saturated heterocycles. The van der Waals surface area contributed by atoms with Crippen LogP contribution in [0.3, 0.4) is 0 Å². The second-order valence-electron chi connectivity index (χ2n) is 3.72. The van der Waals surface area contributed by atoms with E-state index in [-0.39, 0.29) is 10.5 Å². The van der Waals surface area contributed by atoms with E-state index in [1.807, 2.05) is 26.8 Å². The molecule has 1 aromatic heterocycles. The normalized spacial score (nSPS) is 11.7. The predicted octanol–water partition coefficient (Wildman–Crippen LogP) is 2.65. The molecule has 1 heterocycles. The number of hydrogen-bond donors (Lipinski definition) is 1. The zero-order chi connectivity index (χ0) is 9.35. The number of rotatable bonds is 1. The highest BCUT2D eigenvalue weighted by atomic mass is 32.1. The topological polar surface area (TPSA) is 30.2 Å². The van der Waals surface area contributed by atoms with E-state index in [4.69, 9.17) is 4.42 Å². The highest BCUT2D eigenvalue weighted by Crippen LogP contribution is 2.24. The van der Waals surface area contributed by atoms with Crippen LogP contribution in [0, 0.1) is 0 Å². The molecule has 0 bridgehead atoms. The molecule has 12 heavy (non-hydrogen) atoms. The molecule has 0 fully saturated rings. The molecule has 0 amide bonds. The van der Waals surface area contributed by atoms with Gasteiger partial charge in [-0.3, -0.25) is 4.79 Å². The summed E-state index contributed by atoms with van der Waals surface area (Å²) in [6.45, 7) is 6.08. The highest BCUT2D eigenvalue weighted by molar-refractivity contribution is 7.97. The maximum atomic E-state index is 10.8. The molecular formula is C9H12O2S. The highest BCUT2D eigenvalue weighted by Gasteiger charge is 2.19. The lowest BCUT2D eigenvalue weighted by atomic mass is 9.94. The van der Waals surface area contributed by atoms with Crippen LogP contribution < -0.4 is 0 Å². The summed E-state index contributed by atoms with van der Waals surface area (Å²) in [6.07, 6.45) is 0. The molecule has 0 radical (unpaired) electrons. The summed E-state index contributed by atoms with van der Waals surface area (Å²) in [6, 6.07) is 3.46. The van der Waals surface area contributed by atoms with E-state index in [0.717, 1.165) is 5.76 Å². The Morgan fingerprint density at radius 3 is 2.25 bits per heavy atom.